The largest absolute Gasteiger partial charge is 0.248 e. The Morgan fingerprint density at radius 2 is 0.975 bits per heavy atom. The Bertz CT molecular complexity index is 1660. The van der Waals surface area contributed by atoms with Gasteiger partial charge in [0.2, 0.25) is 0 Å². The predicted molar refractivity (Wildman–Crippen MR) is 164 cm³/mol. The molecule has 5 rings (SSSR count). The average molecular weight is 518 g/mol. The number of hydrogen-bond acceptors (Lipinski definition) is 3. The van der Waals surface area contributed by atoms with Crippen LogP contribution in [0.2, 0.25) is 0 Å². The lowest BCUT2D eigenvalue weighted by Crippen LogP contribution is -2.02. The summed E-state index contributed by atoms with van der Waals surface area (Å²) in [4.78, 5) is 5.05. The highest BCUT2D eigenvalue weighted by molar-refractivity contribution is 5.83. The van der Waals surface area contributed by atoms with Crippen LogP contribution in [0.25, 0.3) is 44.8 Å². The maximum atomic E-state index is 9.55. The molecule has 0 radical (unpaired) electrons. The van der Waals surface area contributed by atoms with Crippen molar-refractivity contribution in [3.63, 3.8) is 0 Å². The van der Waals surface area contributed by atoms with Crippen LogP contribution in [0.5, 0.6) is 0 Å². The number of rotatable bonds is 6. The summed E-state index contributed by atoms with van der Waals surface area (Å²) in [6.07, 6.45) is 0. The van der Waals surface area contributed by atoms with Crippen molar-refractivity contribution in [3.05, 3.63) is 125 Å². The van der Waals surface area contributed by atoms with Crippen molar-refractivity contribution in [2.24, 2.45) is 0 Å². The van der Waals surface area contributed by atoms with Crippen LogP contribution in [0.1, 0.15) is 61.8 Å². The summed E-state index contributed by atoms with van der Waals surface area (Å²) in [5, 5.41) is 19.1. The molecular weight excluding hydrogens is 486 g/mol. The molecule has 0 unspecified atom stereocenters. The molecule has 0 atom stereocenters. The topological polar surface area (TPSA) is 60.5 Å². The van der Waals surface area contributed by atoms with Gasteiger partial charge in [0, 0.05) is 11.1 Å². The zero-order valence-electron chi connectivity index (χ0n) is 23.3. The van der Waals surface area contributed by atoms with E-state index in [-0.39, 0.29) is 0 Å². The quantitative estimate of drug-likeness (QED) is 0.225. The molecule has 0 saturated carbocycles. The van der Waals surface area contributed by atoms with Gasteiger partial charge in [-0.1, -0.05) is 94.4 Å². The Morgan fingerprint density at radius 3 is 1.43 bits per heavy atom. The molecule has 0 bridgehead atoms. The van der Waals surface area contributed by atoms with Crippen LogP contribution >= 0.6 is 0 Å². The molecule has 1 aromatic heterocycles. The smallest absolute Gasteiger partial charge is 0.0991 e. The third-order valence-corrected chi connectivity index (χ3v) is 7.24. The third-order valence-electron chi connectivity index (χ3n) is 7.24. The van der Waals surface area contributed by atoms with Crippen LogP contribution in [-0.2, 0) is 0 Å². The molecule has 5 aromatic rings. The highest BCUT2D eigenvalue weighted by atomic mass is 14.7. The fourth-order valence-electron chi connectivity index (χ4n) is 5.20. The maximum absolute atomic E-state index is 9.55. The van der Waals surface area contributed by atoms with Crippen LogP contribution in [0.4, 0.5) is 0 Å². The second-order valence-electron chi connectivity index (χ2n) is 10.7. The van der Waals surface area contributed by atoms with Gasteiger partial charge < -0.3 is 0 Å². The van der Waals surface area contributed by atoms with E-state index in [1.807, 2.05) is 42.5 Å². The summed E-state index contributed by atoms with van der Waals surface area (Å²) in [7, 11) is 0. The molecule has 0 saturated heterocycles. The van der Waals surface area contributed by atoms with Gasteiger partial charge in [-0.15, -0.1) is 0 Å². The van der Waals surface area contributed by atoms with Crippen molar-refractivity contribution in [1.82, 2.24) is 4.98 Å². The minimum atomic E-state index is 0.292. The summed E-state index contributed by atoms with van der Waals surface area (Å²) in [6, 6.07) is 39.1. The van der Waals surface area contributed by atoms with E-state index >= 15 is 0 Å². The van der Waals surface area contributed by atoms with Gasteiger partial charge in [0.15, 0.2) is 0 Å². The molecule has 40 heavy (non-hydrogen) atoms. The van der Waals surface area contributed by atoms with Gasteiger partial charge in [-0.2, -0.15) is 10.5 Å². The Balaban J connectivity index is 1.82. The Kier molecular flexibility index (Phi) is 7.59. The number of nitriles is 2. The summed E-state index contributed by atoms with van der Waals surface area (Å²) in [5.74, 6) is 0.583. The molecule has 3 nitrogen and oxygen atoms in total. The highest BCUT2D eigenvalue weighted by Gasteiger charge is 2.20. The monoisotopic (exact) mass is 517 g/mol. The maximum Gasteiger partial charge on any atom is 0.0991 e. The number of nitrogens with zero attached hydrogens (tertiary/aromatic N) is 3. The van der Waals surface area contributed by atoms with Gasteiger partial charge in [0.1, 0.15) is 0 Å². The molecule has 0 fully saturated rings. The van der Waals surface area contributed by atoms with E-state index in [9.17, 15) is 10.5 Å². The standard InChI is InChI=1S/C37H31N3/c1-24(2)33-18-31(28-12-6-5-7-13-28)19-34(25(3)4)37(33)32-20-35(29-14-8-10-26(16-29)22-38)40-36(21-32)30-15-9-11-27(17-30)23-39/h5-21,24-25H,1-4H3. The van der Waals surface area contributed by atoms with Gasteiger partial charge in [-0.25, -0.2) is 4.98 Å². The van der Waals surface area contributed by atoms with E-state index < -0.39 is 0 Å². The molecule has 194 valence electrons. The third kappa shape index (κ3) is 5.42. The predicted octanol–water partition coefficient (Wildman–Crippen LogP) is 9.74. The van der Waals surface area contributed by atoms with Crippen LogP contribution < -0.4 is 0 Å². The molecule has 0 aliphatic carbocycles. The lowest BCUT2D eigenvalue weighted by Gasteiger charge is -2.23. The molecular formula is C37H31N3. The molecule has 1 heterocycles. The van der Waals surface area contributed by atoms with Gasteiger partial charge in [-0.05, 0) is 81.6 Å². The van der Waals surface area contributed by atoms with E-state index in [0.717, 1.165) is 28.1 Å². The lowest BCUT2D eigenvalue weighted by molar-refractivity contribution is 0.838. The first-order chi connectivity index (χ1) is 19.4. The van der Waals surface area contributed by atoms with Gasteiger partial charge >= 0.3 is 0 Å². The average Bonchev–Trinajstić information content (AvgIpc) is 3.00. The van der Waals surface area contributed by atoms with Gasteiger partial charge in [0.05, 0.1) is 34.7 Å². The van der Waals surface area contributed by atoms with E-state index in [1.54, 1.807) is 12.1 Å². The first kappa shape index (κ1) is 26.6. The van der Waals surface area contributed by atoms with Crippen molar-refractivity contribution in [3.8, 4) is 56.9 Å². The van der Waals surface area contributed by atoms with E-state index in [0.29, 0.717) is 23.0 Å². The van der Waals surface area contributed by atoms with Crippen molar-refractivity contribution in [2.75, 3.05) is 0 Å². The van der Waals surface area contributed by atoms with Crippen molar-refractivity contribution < 1.29 is 0 Å². The van der Waals surface area contributed by atoms with E-state index in [4.69, 9.17) is 4.98 Å². The van der Waals surface area contributed by atoms with Crippen molar-refractivity contribution >= 4 is 0 Å². The molecule has 0 spiro atoms. The SMILES string of the molecule is CC(C)c1cc(-c2ccccc2)cc(C(C)C)c1-c1cc(-c2cccc(C#N)c2)nc(-c2cccc(C#N)c2)c1. The van der Waals surface area contributed by atoms with E-state index in [2.05, 4.69) is 88.4 Å². The molecule has 0 N–H and O–H groups in total. The molecule has 4 aromatic carbocycles. The normalized spacial score (nSPS) is 10.9. The van der Waals surface area contributed by atoms with Crippen LogP contribution in [0, 0.1) is 22.7 Å². The zero-order valence-corrected chi connectivity index (χ0v) is 23.3. The number of pyridine rings is 1. The Morgan fingerprint density at radius 1 is 0.500 bits per heavy atom. The van der Waals surface area contributed by atoms with Crippen molar-refractivity contribution in [1.29, 1.82) is 10.5 Å². The highest BCUT2D eigenvalue weighted by Crippen LogP contribution is 2.41. The number of aromatic nitrogens is 1. The summed E-state index contributed by atoms with van der Waals surface area (Å²) in [5.41, 5.74) is 11.8. The zero-order chi connectivity index (χ0) is 28.2. The molecule has 3 heteroatoms. The first-order valence-electron chi connectivity index (χ1n) is 13.6. The molecule has 0 aliphatic rings. The Hall–Kier alpha value is -4.99. The van der Waals surface area contributed by atoms with Crippen LogP contribution in [0.15, 0.2) is 103 Å². The lowest BCUT2D eigenvalue weighted by atomic mass is 9.82. The van der Waals surface area contributed by atoms with Gasteiger partial charge in [0.25, 0.3) is 0 Å². The minimum absolute atomic E-state index is 0.292. The number of benzene rings is 4. The summed E-state index contributed by atoms with van der Waals surface area (Å²) < 4.78 is 0. The van der Waals surface area contributed by atoms with Gasteiger partial charge in [-0.3, -0.25) is 0 Å². The van der Waals surface area contributed by atoms with Crippen LogP contribution in [0.3, 0.4) is 0 Å². The fourth-order valence-corrected chi connectivity index (χ4v) is 5.20. The second-order valence-corrected chi connectivity index (χ2v) is 10.7. The van der Waals surface area contributed by atoms with E-state index in [1.165, 1.54) is 27.8 Å². The minimum Gasteiger partial charge on any atom is -0.248 e. The summed E-state index contributed by atoms with van der Waals surface area (Å²) >= 11 is 0. The second kappa shape index (κ2) is 11.4. The van der Waals surface area contributed by atoms with Crippen molar-refractivity contribution in [2.45, 2.75) is 39.5 Å². The molecule has 0 amide bonds. The fraction of sp³-hybridized carbons (Fsp3) is 0.162. The number of hydrogen-bond donors (Lipinski definition) is 0. The molecule has 0 aliphatic heterocycles. The first-order valence-corrected chi connectivity index (χ1v) is 13.6. The summed E-state index contributed by atoms with van der Waals surface area (Å²) in [6.45, 7) is 8.97. The van der Waals surface area contributed by atoms with Crippen LogP contribution in [-0.4, -0.2) is 4.98 Å². The Labute approximate surface area is 237 Å².